The Morgan fingerprint density at radius 3 is 2.55 bits per heavy atom. The average molecular weight is 396 g/mol. The lowest BCUT2D eigenvalue weighted by molar-refractivity contribution is -0.146. The molecule has 0 atom stereocenters. The largest absolute Gasteiger partial charge is 0.458 e. The lowest BCUT2D eigenvalue weighted by Gasteiger charge is -2.56. The Morgan fingerprint density at radius 1 is 1.21 bits per heavy atom. The first-order valence-corrected chi connectivity index (χ1v) is 10.8. The van der Waals surface area contributed by atoms with Gasteiger partial charge in [-0.25, -0.2) is 4.98 Å². The topological polar surface area (TPSA) is 72.7 Å². The van der Waals surface area contributed by atoms with Crippen LogP contribution in [-0.4, -0.2) is 27.8 Å². The minimum Gasteiger partial charge on any atom is -0.458 e. The van der Waals surface area contributed by atoms with Gasteiger partial charge in [0.05, 0.1) is 5.69 Å². The van der Waals surface area contributed by atoms with Crippen LogP contribution in [0.2, 0.25) is 0 Å². The molecular weight excluding hydrogens is 366 g/mol. The van der Waals surface area contributed by atoms with Crippen molar-refractivity contribution in [2.75, 3.05) is 6.54 Å². The van der Waals surface area contributed by atoms with Gasteiger partial charge in [-0.3, -0.25) is 9.59 Å². The van der Waals surface area contributed by atoms with E-state index in [1.54, 1.807) is 0 Å². The van der Waals surface area contributed by atoms with Crippen LogP contribution in [0.25, 0.3) is 5.65 Å². The molecule has 0 saturated heterocycles. The molecule has 4 saturated carbocycles. The van der Waals surface area contributed by atoms with E-state index in [-0.39, 0.29) is 24.5 Å². The van der Waals surface area contributed by atoms with E-state index in [4.69, 9.17) is 4.74 Å². The van der Waals surface area contributed by atoms with E-state index in [9.17, 15) is 9.59 Å². The van der Waals surface area contributed by atoms with Gasteiger partial charge in [-0.05, 0) is 80.2 Å². The summed E-state index contributed by atoms with van der Waals surface area (Å²) in [4.78, 5) is 29.1. The van der Waals surface area contributed by atoms with E-state index in [2.05, 4.69) is 10.3 Å². The van der Waals surface area contributed by atoms with Gasteiger partial charge < -0.3 is 14.5 Å². The molecule has 0 unspecified atom stereocenters. The number of hydrogen-bond donors (Lipinski definition) is 1. The Labute approximate surface area is 171 Å². The highest BCUT2D eigenvalue weighted by atomic mass is 16.5. The lowest BCUT2D eigenvalue weighted by Crippen LogP contribution is -2.48. The van der Waals surface area contributed by atoms with Crippen molar-refractivity contribution in [1.82, 2.24) is 14.7 Å². The van der Waals surface area contributed by atoms with E-state index in [1.807, 2.05) is 35.9 Å². The molecule has 29 heavy (non-hydrogen) atoms. The number of imidazole rings is 1. The Kier molecular flexibility index (Phi) is 4.60. The molecule has 6 rings (SSSR count). The predicted molar refractivity (Wildman–Crippen MR) is 108 cm³/mol. The molecule has 4 aliphatic carbocycles. The zero-order valence-electron chi connectivity index (χ0n) is 17.0. The number of ether oxygens (including phenoxy) is 1. The summed E-state index contributed by atoms with van der Waals surface area (Å²) in [5.41, 5.74) is 2.83. The van der Waals surface area contributed by atoms with Crippen LogP contribution < -0.4 is 5.32 Å². The SMILES string of the molecule is Cc1cccn2cc(COC(=O)CNC(=O)CC34CC5CC(CC(C5)C3)C4)nc12. The molecule has 1 amide bonds. The Hall–Kier alpha value is -2.37. The van der Waals surface area contributed by atoms with Gasteiger partial charge in [-0.15, -0.1) is 0 Å². The van der Waals surface area contributed by atoms with Crippen molar-refractivity contribution in [2.24, 2.45) is 23.2 Å². The Morgan fingerprint density at radius 2 is 1.90 bits per heavy atom. The number of carbonyl (C=O) groups is 2. The highest BCUT2D eigenvalue weighted by Gasteiger charge is 2.51. The van der Waals surface area contributed by atoms with Crippen LogP contribution in [0.3, 0.4) is 0 Å². The van der Waals surface area contributed by atoms with Crippen molar-refractivity contribution in [3.8, 4) is 0 Å². The van der Waals surface area contributed by atoms with Crippen LogP contribution >= 0.6 is 0 Å². The Bertz CT molecular complexity index is 913. The van der Waals surface area contributed by atoms with Crippen LogP contribution in [0.5, 0.6) is 0 Å². The van der Waals surface area contributed by atoms with Crippen LogP contribution in [0.4, 0.5) is 0 Å². The van der Waals surface area contributed by atoms with Crippen molar-refractivity contribution in [3.05, 3.63) is 35.8 Å². The van der Waals surface area contributed by atoms with Gasteiger partial charge in [0.1, 0.15) is 18.8 Å². The number of hydrogen-bond acceptors (Lipinski definition) is 4. The lowest BCUT2D eigenvalue weighted by atomic mass is 9.49. The van der Waals surface area contributed by atoms with Gasteiger partial charge >= 0.3 is 5.97 Å². The smallest absolute Gasteiger partial charge is 0.325 e. The third-order valence-corrected chi connectivity index (χ3v) is 7.24. The number of fused-ring (bicyclic) bond motifs is 1. The molecule has 0 aliphatic heterocycles. The maximum atomic E-state index is 12.5. The summed E-state index contributed by atoms with van der Waals surface area (Å²) in [5, 5.41) is 2.79. The van der Waals surface area contributed by atoms with Crippen LogP contribution in [0.15, 0.2) is 24.5 Å². The minimum absolute atomic E-state index is 0.00717. The van der Waals surface area contributed by atoms with E-state index in [0.717, 1.165) is 29.0 Å². The van der Waals surface area contributed by atoms with Crippen molar-refractivity contribution in [1.29, 1.82) is 0 Å². The average Bonchev–Trinajstić information content (AvgIpc) is 3.08. The third kappa shape index (κ3) is 3.77. The number of pyridine rings is 1. The maximum Gasteiger partial charge on any atom is 0.325 e. The number of nitrogens with one attached hydrogen (secondary N) is 1. The van der Waals surface area contributed by atoms with Crippen molar-refractivity contribution < 1.29 is 14.3 Å². The Balaban J connectivity index is 1.10. The second-order valence-corrected chi connectivity index (χ2v) is 9.69. The fourth-order valence-corrected chi connectivity index (χ4v) is 6.56. The van der Waals surface area contributed by atoms with Crippen molar-refractivity contribution in [3.63, 3.8) is 0 Å². The monoisotopic (exact) mass is 395 g/mol. The summed E-state index contributed by atoms with van der Waals surface area (Å²) in [6, 6.07) is 3.95. The highest BCUT2D eigenvalue weighted by molar-refractivity contribution is 5.82. The first-order chi connectivity index (χ1) is 14.0. The fourth-order valence-electron chi connectivity index (χ4n) is 6.56. The maximum absolute atomic E-state index is 12.5. The molecule has 0 aromatic carbocycles. The fraction of sp³-hybridized carbons (Fsp3) is 0.609. The first-order valence-electron chi connectivity index (χ1n) is 10.8. The molecule has 2 heterocycles. The number of nitrogens with zero attached hydrogens (tertiary/aromatic N) is 2. The molecule has 0 spiro atoms. The molecule has 0 radical (unpaired) electrons. The summed E-state index contributed by atoms with van der Waals surface area (Å²) >= 11 is 0. The van der Waals surface area contributed by atoms with Gasteiger partial charge in [0, 0.05) is 18.8 Å². The second-order valence-electron chi connectivity index (χ2n) is 9.69. The first kappa shape index (κ1) is 18.6. The number of carbonyl (C=O) groups excluding carboxylic acids is 2. The normalized spacial score (nSPS) is 29.9. The quantitative estimate of drug-likeness (QED) is 0.761. The molecule has 4 fully saturated rings. The summed E-state index contributed by atoms with van der Waals surface area (Å²) in [7, 11) is 0. The molecule has 2 aromatic heterocycles. The van der Waals surface area contributed by atoms with Gasteiger partial charge in [0.2, 0.25) is 5.91 Å². The number of rotatable bonds is 6. The number of aryl methyl sites for hydroxylation is 1. The van der Waals surface area contributed by atoms with Crippen molar-refractivity contribution in [2.45, 2.75) is 58.5 Å². The predicted octanol–water partition coefficient (Wildman–Crippen LogP) is 3.41. The summed E-state index contributed by atoms with van der Waals surface area (Å²) in [5.74, 6) is 2.05. The summed E-state index contributed by atoms with van der Waals surface area (Å²) in [6.45, 7) is 2.04. The zero-order valence-corrected chi connectivity index (χ0v) is 17.0. The molecule has 2 aromatic rings. The number of aromatic nitrogens is 2. The van der Waals surface area contributed by atoms with Gasteiger partial charge in [-0.2, -0.15) is 0 Å². The van der Waals surface area contributed by atoms with Crippen molar-refractivity contribution >= 4 is 17.5 Å². The van der Waals surface area contributed by atoms with Crippen LogP contribution in [0.1, 0.15) is 56.2 Å². The van der Waals surface area contributed by atoms with Gasteiger partial charge in [-0.1, -0.05) is 6.07 Å². The molecule has 6 nitrogen and oxygen atoms in total. The second kappa shape index (κ2) is 7.15. The van der Waals surface area contributed by atoms with Gasteiger partial charge in [0.25, 0.3) is 0 Å². The van der Waals surface area contributed by atoms with E-state index in [0.29, 0.717) is 12.1 Å². The summed E-state index contributed by atoms with van der Waals surface area (Å²) < 4.78 is 7.23. The number of esters is 1. The zero-order chi connectivity index (χ0) is 20.0. The van der Waals surface area contributed by atoms with E-state index < -0.39 is 5.97 Å². The molecule has 1 N–H and O–H groups in total. The standard InChI is InChI=1S/C23H29N3O3/c1-15-3-2-4-26-13-19(25-22(15)26)14-29-21(28)12-24-20(27)11-23-8-16-5-17(9-23)7-18(6-16)10-23/h2-4,13,16-18H,5-12,14H2,1H3,(H,24,27). The van der Waals surface area contributed by atoms with Crippen LogP contribution in [0, 0.1) is 30.1 Å². The van der Waals surface area contributed by atoms with E-state index >= 15 is 0 Å². The highest BCUT2D eigenvalue weighted by Crippen LogP contribution is 2.61. The number of amides is 1. The molecular formula is C23H29N3O3. The third-order valence-electron chi connectivity index (χ3n) is 7.24. The minimum atomic E-state index is -0.419. The molecule has 4 aliphatic rings. The van der Waals surface area contributed by atoms with E-state index in [1.165, 1.54) is 38.5 Å². The van der Waals surface area contributed by atoms with Crippen LogP contribution in [-0.2, 0) is 20.9 Å². The summed E-state index contributed by atoms with van der Waals surface area (Å²) in [6.07, 6.45) is 12.1. The molecule has 154 valence electrons. The molecule has 4 bridgehead atoms. The molecule has 6 heteroatoms. The van der Waals surface area contributed by atoms with Gasteiger partial charge in [0.15, 0.2) is 0 Å².